The fourth-order valence-electron chi connectivity index (χ4n) is 2.17. The fourth-order valence-corrected chi connectivity index (χ4v) is 2.17. The van der Waals surface area contributed by atoms with Crippen molar-refractivity contribution < 1.29 is 14.1 Å². The molecule has 22 heavy (non-hydrogen) atoms. The van der Waals surface area contributed by atoms with Crippen molar-refractivity contribution in [2.45, 2.75) is 58.7 Å². The molecule has 0 aliphatic carbocycles. The van der Waals surface area contributed by atoms with Gasteiger partial charge in [0.05, 0.1) is 16.8 Å². The van der Waals surface area contributed by atoms with Crippen LogP contribution in [0.1, 0.15) is 57.8 Å². The molecule has 1 aromatic rings. The van der Waals surface area contributed by atoms with Crippen molar-refractivity contribution >= 4 is 18.5 Å². The molecule has 0 spiro atoms. The summed E-state index contributed by atoms with van der Waals surface area (Å²) in [6, 6.07) is 1.79. The standard InChI is InChI=1S/C16H25BN2O3/c1-6-7-8-19-14(20)12-9-13(11-18-10-12)17-21-15(2,3)16(4,5)22-17/h9-11H,6-8H2,1-5H3,(H,19,20). The number of amides is 1. The van der Waals surface area contributed by atoms with Crippen molar-refractivity contribution in [3.63, 3.8) is 0 Å². The summed E-state index contributed by atoms with van der Waals surface area (Å²) >= 11 is 0. The zero-order valence-electron chi connectivity index (χ0n) is 14.1. The Hall–Kier alpha value is -1.40. The Morgan fingerprint density at radius 3 is 2.45 bits per heavy atom. The molecule has 0 aromatic carbocycles. The van der Waals surface area contributed by atoms with E-state index in [1.54, 1.807) is 18.5 Å². The van der Waals surface area contributed by atoms with Gasteiger partial charge in [0.25, 0.3) is 5.91 Å². The van der Waals surface area contributed by atoms with E-state index in [1.807, 2.05) is 27.7 Å². The molecule has 0 atom stereocenters. The second-order valence-corrected chi connectivity index (χ2v) is 6.70. The van der Waals surface area contributed by atoms with Crippen molar-refractivity contribution in [1.82, 2.24) is 10.3 Å². The Bertz CT molecular complexity index is 530. The number of pyridine rings is 1. The van der Waals surface area contributed by atoms with Gasteiger partial charge in [-0.2, -0.15) is 0 Å². The number of unbranched alkanes of at least 4 members (excludes halogenated alkanes) is 1. The maximum absolute atomic E-state index is 12.1. The molecule has 1 amide bonds. The molecule has 0 unspecified atom stereocenters. The molecule has 2 rings (SSSR count). The van der Waals surface area contributed by atoms with Crippen LogP contribution in [0, 0.1) is 0 Å². The van der Waals surface area contributed by atoms with E-state index in [0.29, 0.717) is 12.1 Å². The second kappa shape index (κ2) is 6.38. The molecular weight excluding hydrogens is 279 g/mol. The Morgan fingerprint density at radius 2 is 1.86 bits per heavy atom. The molecule has 1 N–H and O–H groups in total. The third-order valence-electron chi connectivity index (χ3n) is 4.36. The molecule has 5 nitrogen and oxygen atoms in total. The first-order valence-electron chi connectivity index (χ1n) is 7.85. The van der Waals surface area contributed by atoms with Crippen LogP contribution in [0.15, 0.2) is 18.5 Å². The van der Waals surface area contributed by atoms with Gasteiger partial charge in [-0.3, -0.25) is 9.78 Å². The van der Waals surface area contributed by atoms with Crippen molar-refractivity contribution in [2.24, 2.45) is 0 Å². The highest BCUT2D eigenvalue weighted by Crippen LogP contribution is 2.36. The minimum Gasteiger partial charge on any atom is -0.399 e. The van der Waals surface area contributed by atoms with Crippen LogP contribution in [-0.4, -0.2) is 35.8 Å². The zero-order chi connectivity index (χ0) is 16.4. The highest BCUT2D eigenvalue weighted by Gasteiger charge is 2.51. The Labute approximate surface area is 132 Å². The quantitative estimate of drug-likeness (QED) is 0.667. The molecule has 120 valence electrons. The predicted octanol–water partition coefficient (Wildman–Crippen LogP) is 1.91. The van der Waals surface area contributed by atoms with Gasteiger partial charge in [-0.1, -0.05) is 13.3 Å². The fraction of sp³-hybridized carbons (Fsp3) is 0.625. The number of rotatable bonds is 5. The Balaban J connectivity index is 2.11. The molecule has 0 bridgehead atoms. The zero-order valence-corrected chi connectivity index (χ0v) is 14.1. The molecular formula is C16H25BN2O3. The third-order valence-corrected chi connectivity index (χ3v) is 4.36. The van der Waals surface area contributed by atoms with Gasteiger partial charge in [0.2, 0.25) is 0 Å². The molecule has 1 aromatic heterocycles. The number of carbonyl (C=O) groups excluding carboxylic acids is 1. The van der Waals surface area contributed by atoms with Gasteiger partial charge in [-0.15, -0.1) is 0 Å². The van der Waals surface area contributed by atoms with E-state index in [0.717, 1.165) is 18.3 Å². The number of aromatic nitrogens is 1. The second-order valence-electron chi connectivity index (χ2n) is 6.70. The lowest BCUT2D eigenvalue weighted by Crippen LogP contribution is -2.41. The van der Waals surface area contributed by atoms with Gasteiger partial charge in [0.15, 0.2) is 0 Å². The van der Waals surface area contributed by atoms with Crippen LogP contribution in [-0.2, 0) is 9.31 Å². The van der Waals surface area contributed by atoms with Crippen LogP contribution in [0.4, 0.5) is 0 Å². The Morgan fingerprint density at radius 1 is 1.23 bits per heavy atom. The lowest BCUT2D eigenvalue weighted by atomic mass is 9.80. The molecule has 6 heteroatoms. The summed E-state index contributed by atoms with van der Waals surface area (Å²) in [4.78, 5) is 16.3. The molecule has 1 aliphatic rings. The number of nitrogens with one attached hydrogen (secondary N) is 1. The molecule has 1 fully saturated rings. The van der Waals surface area contributed by atoms with E-state index in [-0.39, 0.29) is 5.91 Å². The van der Waals surface area contributed by atoms with Gasteiger partial charge < -0.3 is 14.6 Å². The van der Waals surface area contributed by atoms with E-state index in [4.69, 9.17) is 9.31 Å². The normalized spacial score (nSPS) is 19.2. The van der Waals surface area contributed by atoms with E-state index in [1.165, 1.54) is 0 Å². The third kappa shape index (κ3) is 3.50. The summed E-state index contributed by atoms with van der Waals surface area (Å²) in [5.41, 5.74) is 0.485. The van der Waals surface area contributed by atoms with Crippen LogP contribution in [0.5, 0.6) is 0 Å². The van der Waals surface area contributed by atoms with E-state index in [2.05, 4.69) is 17.2 Å². The van der Waals surface area contributed by atoms with Gasteiger partial charge in [0.1, 0.15) is 0 Å². The van der Waals surface area contributed by atoms with Gasteiger partial charge in [-0.05, 0) is 40.2 Å². The van der Waals surface area contributed by atoms with Crippen LogP contribution in [0.3, 0.4) is 0 Å². The summed E-state index contributed by atoms with van der Waals surface area (Å²) in [7, 11) is -0.499. The lowest BCUT2D eigenvalue weighted by molar-refractivity contribution is 0.00578. The largest absolute Gasteiger partial charge is 0.496 e. The summed E-state index contributed by atoms with van der Waals surface area (Å²) in [5.74, 6) is -0.112. The first-order chi connectivity index (χ1) is 10.3. The van der Waals surface area contributed by atoms with Gasteiger partial charge >= 0.3 is 7.12 Å². The Kier molecular flexibility index (Phi) is 4.92. The first-order valence-corrected chi connectivity index (χ1v) is 7.85. The number of carbonyl (C=O) groups is 1. The molecule has 2 heterocycles. The van der Waals surface area contributed by atoms with Crippen molar-refractivity contribution in [1.29, 1.82) is 0 Å². The van der Waals surface area contributed by atoms with Crippen LogP contribution in [0.2, 0.25) is 0 Å². The lowest BCUT2D eigenvalue weighted by Gasteiger charge is -2.32. The van der Waals surface area contributed by atoms with Crippen LogP contribution < -0.4 is 10.8 Å². The van der Waals surface area contributed by atoms with Crippen molar-refractivity contribution in [3.8, 4) is 0 Å². The smallest absolute Gasteiger partial charge is 0.399 e. The molecule has 1 aliphatic heterocycles. The number of hydrogen-bond acceptors (Lipinski definition) is 4. The SMILES string of the molecule is CCCCNC(=O)c1cncc(B2OC(C)(C)C(C)(C)O2)c1. The summed E-state index contributed by atoms with van der Waals surface area (Å²) < 4.78 is 12.0. The average Bonchev–Trinajstić information content (AvgIpc) is 2.68. The van der Waals surface area contributed by atoms with E-state index >= 15 is 0 Å². The number of nitrogens with zero attached hydrogens (tertiary/aromatic N) is 1. The average molecular weight is 304 g/mol. The summed E-state index contributed by atoms with van der Waals surface area (Å²) in [5, 5.41) is 2.89. The minimum atomic E-state index is -0.499. The number of hydrogen-bond donors (Lipinski definition) is 1. The van der Waals surface area contributed by atoms with E-state index in [9.17, 15) is 4.79 Å². The molecule has 0 saturated carbocycles. The maximum Gasteiger partial charge on any atom is 0.496 e. The summed E-state index contributed by atoms with van der Waals surface area (Å²) in [6.45, 7) is 10.8. The van der Waals surface area contributed by atoms with Crippen LogP contribution >= 0.6 is 0 Å². The predicted molar refractivity (Wildman–Crippen MR) is 87.2 cm³/mol. The minimum absolute atomic E-state index is 0.112. The first kappa shape index (κ1) is 17.0. The van der Waals surface area contributed by atoms with Gasteiger partial charge in [-0.25, -0.2) is 0 Å². The highest BCUT2D eigenvalue weighted by molar-refractivity contribution is 6.62. The maximum atomic E-state index is 12.1. The molecule has 1 saturated heterocycles. The van der Waals surface area contributed by atoms with E-state index < -0.39 is 18.3 Å². The van der Waals surface area contributed by atoms with Gasteiger partial charge in [0, 0.05) is 24.4 Å². The van der Waals surface area contributed by atoms with Crippen molar-refractivity contribution in [2.75, 3.05) is 6.54 Å². The highest BCUT2D eigenvalue weighted by atomic mass is 16.7. The topological polar surface area (TPSA) is 60.5 Å². The van der Waals surface area contributed by atoms with Crippen molar-refractivity contribution in [3.05, 3.63) is 24.0 Å². The summed E-state index contributed by atoms with van der Waals surface area (Å²) in [6.07, 6.45) is 5.27. The molecule has 0 radical (unpaired) electrons. The monoisotopic (exact) mass is 304 g/mol. The van der Waals surface area contributed by atoms with Crippen LogP contribution in [0.25, 0.3) is 0 Å².